The van der Waals surface area contributed by atoms with E-state index in [9.17, 15) is 9.90 Å². The Labute approximate surface area is 135 Å². The van der Waals surface area contributed by atoms with E-state index in [0.717, 1.165) is 41.2 Å². The number of hydrogen-bond acceptors (Lipinski definition) is 3. The van der Waals surface area contributed by atoms with Gasteiger partial charge in [0.15, 0.2) is 0 Å². The van der Waals surface area contributed by atoms with Crippen molar-refractivity contribution in [2.75, 3.05) is 0 Å². The van der Waals surface area contributed by atoms with E-state index in [1.54, 1.807) is 0 Å². The lowest BCUT2D eigenvalue weighted by molar-refractivity contribution is -0.126. The molecule has 1 heterocycles. The molecule has 2 aliphatic rings. The Balaban J connectivity index is 1.49. The number of aromatic amines is 1. The first-order valence-corrected chi connectivity index (χ1v) is 8.22. The van der Waals surface area contributed by atoms with E-state index < -0.39 is 6.10 Å². The van der Waals surface area contributed by atoms with E-state index >= 15 is 0 Å². The summed E-state index contributed by atoms with van der Waals surface area (Å²) in [6, 6.07) is 7.65. The molecule has 1 aromatic heterocycles. The molecule has 5 nitrogen and oxygen atoms in total. The minimum atomic E-state index is -0.537. The van der Waals surface area contributed by atoms with Gasteiger partial charge in [0.25, 0.3) is 0 Å². The molecule has 4 rings (SSSR count). The summed E-state index contributed by atoms with van der Waals surface area (Å²) in [6.45, 7) is 1.94. The van der Waals surface area contributed by atoms with E-state index in [2.05, 4.69) is 15.3 Å². The van der Waals surface area contributed by atoms with Crippen molar-refractivity contribution in [2.45, 2.75) is 44.8 Å². The first-order chi connectivity index (χ1) is 11.1. The normalized spacial score (nSPS) is 25.7. The number of aliphatic hydroxyl groups excluding tert-OH is 1. The summed E-state index contributed by atoms with van der Waals surface area (Å²) in [7, 11) is 0. The first kappa shape index (κ1) is 14.5. The molecule has 3 N–H and O–H groups in total. The van der Waals surface area contributed by atoms with Crippen LogP contribution in [0.25, 0.3) is 0 Å². The first-order valence-electron chi connectivity index (χ1n) is 8.22. The number of nitrogens with zero attached hydrogens (tertiary/aromatic N) is 1. The van der Waals surface area contributed by atoms with E-state index in [4.69, 9.17) is 0 Å². The highest BCUT2D eigenvalue weighted by Gasteiger charge is 2.34. The lowest BCUT2D eigenvalue weighted by atomic mass is 9.89. The van der Waals surface area contributed by atoms with Crippen LogP contribution < -0.4 is 5.32 Å². The van der Waals surface area contributed by atoms with Crippen LogP contribution in [-0.2, 0) is 24.1 Å². The minimum absolute atomic E-state index is 0.0312. The Bertz CT molecular complexity index is 752. The maximum atomic E-state index is 12.7. The fourth-order valence-electron chi connectivity index (χ4n) is 3.87. The molecule has 1 aromatic carbocycles. The van der Waals surface area contributed by atoms with Crippen LogP contribution in [0.4, 0.5) is 0 Å². The number of imidazole rings is 1. The molecule has 1 amide bonds. The van der Waals surface area contributed by atoms with E-state index in [0.29, 0.717) is 12.8 Å². The lowest BCUT2D eigenvalue weighted by Gasteiger charge is -2.24. The average molecular weight is 311 g/mol. The third kappa shape index (κ3) is 2.55. The molecule has 120 valence electrons. The fraction of sp³-hybridized carbons (Fsp3) is 0.444. The molecule has 0 fully saturated rings. The zero-order valence-electron chi connectivity index (χ0n) is 13.2. The number of rotatable bonds is 2. The number of fused-ring (bicyclic) bond motifs is 2. The van der Waals surface area contributed by atoms with Gasteiger partial charge in [0.1, 0.15) is 5.82 Å². The van der Waals surface area contributed by atoms with Gasteiger partial charge in [-0.1, -0.05) is 24.3 Å². The molecular weight excluding hydrogens is 290 g/mol. The zero-order chi connectivity index (χ0) is 16.0. The zero-order valence-corrected chi connectivity index (χ0v) is 13.2. The molecular formula is C18H21N3O2. The summed E-state index contributed by atoms with van der Waals surface area (Å²) in [4.78, 5) is 20.4. The molecule has 0 spiro atoms. The standard InChI is InChI=1S/C18H21N3O2/c1-10-19-14-7-6-12(8-15(14)20-10)18(23)21-17-13-5-3-2-4-11(13)9-16(17)22/h2-5,12,16-17,22H,6-9H2,1H3,(H,19,20)(H,21,23)/t12-,16-,17-/m1/s1. The van der Waals surface area contributed by atoms with Crippen LogP contribution in [0.5, 0.6) is 0 Å². The molecule has 3 atom stereocenters. The minimum Gasteiger partial charge on any atom is -0.390 e. The SMILES string of the molecule is Cc1nc2c([nH]1)C[C@H](C(=O)N[C@@H]1c3ccccc3C[C@H]1O)CC2. The third-order valence-corrected chi connectivity index (χ3v) is 5.04. The van der Waals surface area contributed by atoms with Crippen molar-refractivity contribution in [3.8, 4) is 0 Å². The molecule has 2 aromatic rings. The van der Waals surface area contributed by atoms with Gasteiger partial charge in [-0.05, 0) is 30.9 Å². The highest BCUT2D eigenvalue weighted by atomic mass is 16.3. The number of H-pyrrole nitrogens is 1. The van der Waals surface area contributed by atoms with Crippen molar-refractivity contribution in [1.29, 1.82) is 0 Å². The molecule has 0 unspecified atom stereocenters. The Morgan fingerprint density at radius 1 is 1.35 bits per heavy atom. The van der Waals surface area contributed by atoms with Crippen molar-refractivity contribution in [1.82, 2.24) is 15.3 Å². The van der Waals surface area contributed by atoms with Crippen molar-refractivity contribution < 1.29 is 9.90 Å². The van der Waals surface area contributed by atoms with Gasteiger partial charge < -0.3 is 15.4 Å². The summed E-state index contributed by atoms with van der Waals surface area (Å²) in [5.74, 6) is 0.891. The second kappa shape index (κ2) is 5.49. The monoisotopic (exact) mass is 311 g/mol. The number of aliphatic hydroxyl groups is 1. The molecule has 5 heteroatoms. The van der Waals surface area contributed by atoms with Crippen LogP contribution in [0.15, 0.2) is 24.3 Å². The summed E-state index contributed by atoms with van der Waals surface area (Å²) < 4.78 is 0. The highest BCUT2D eigenvalue weighted by Crippen LogP contribution is 2.32. The van der Waals surface area contributed by atoms with Crippen LogP contribution in [0, 0.1) is 12.8 Å². The van der Waals surface area contributed by atoms with Gasteiger partial charge in [0.05, 0.1) is 17.8 Å². The summed E-state index contributed by atoms with van der Waals surface area (Å²) >= 11 is 0. The number of carbonyl (C=O) groups is 1. The number of aromatic nitrogens is 2. The second-order valence-corrected chi connectivity index (χ2v) is 6.64. The number of nitrogens with one attached hydrogen (secondary N) is 2. The lowest BCUT2D eigenvalue weighted by Crippen LogP contribution is -2.39. The predicted molar refractivity (Wildman–Crippen MR) is 85.9 cm³/mol. The smallest absolute Gasteiger partial charge is 0.224 e. The van der Waals surface area contributed by atoms with Gasteiger partial charge >= 0.3 is 0 Å². The van der Waals surface area contributed by atoms with Gasteiger partial charge in [0, 0.05) is 24.5 Å². The van der Waals surface area contributed by atoms with Gasteiger partial charge in [-0.3, -0.25) is 4.79 Å². The topological polar surface area (TPSA) is 78.0 Å². The molecule has 0 aliphatic heterocycles. The van der Waals surface area contributed by atoms with Crippen molar-refractivity contribution in [2.24, 2.45) is 5.92 Å². The average Bonchev–Trinajstić information content (AvgIpc) is 3.06. The number of amides is 1. The van der Waals surface area contributed by atoms with Gasteiger partial charge in [-0.2, -0.15) is 0 Å². The fourth-order valence-corrected chi connectivity index (χ4v) is 3.87. The third-order valence-electron chi connectivity index (χ3n) is 5.04. The molecule has 23 heavy (non-hydrogen) atoms. The predicted octanol–water partition coefficient (Wildman–Crippen LogP) is 1.60. The van der Waals surface area contributed by atoms with Crippen LogP contribution in [0.3, 0.4) is 0 Å². The Morgan fingerprint density at radius 2 is 2.17 bits per heavy atom. The molecule has 0 saturated heterocycles. The van der Waals surface area contributed by atoms with E-state index in [1.165, 1.54) is 0 Å². The van der Waals surface area contributed by atoms with Crippen LogP contribution in [0.1, 0.15) is 40.8 Å². The van der Waals surface area contributed by atoms with Crippen LogP contribution in [-0.4, -0.2) is 27.1 Å². The highest BCUT2D eigenvalue weighted by molar-refractivity contribution is 5.80. The molecule has 0 bridgehead atoms. The van der Waals surface area contributed by atoms with Gasteiger partial charge in [-0.25, -0.2) is 4.98 Å². The second-order valence-electron chi connectivity index (χ2n) is 6.64. The summed E-state index contributed by atoms with van der Waals surface area (Å²) in [5, 5.41) is 13.4. The Hall–Kier alpha value is -2.14. The Morgan fingerprint density at radius 3 is 3.04 bits per heavy atom. The summed E-state index contributed by atoms with van der Waals surface area (Å²) in [5.41, 5.74) is 4.35. The van der Waals surface area contributed by atoms with Crippen LogP contribution >= 0.6 is 0 Å². The number of aryl methyl sites for hydroxylation is 2. The molecule has 0 radical (unpaired) electrons. The summed E-state index contributed by atoms with van der Waals surface area (Å²) in [6.07, 6.45) is 2.42. The van der Waals surface area contributed by atoms with Crippen LogP contribution in [0.2, 0.25) is 0 Å². The van der Waals surface area contributed by atoms with Crippen molar-refractivity contribution in [3.05, 3.63) is 52.6 Å². The number of benzene rings is 1. The van der Waals surface area contributed by atoms with E-state index in [1.807, 2.05) is 31.2 Å². The van der Waals surface area contributed by atoms with Gasteiger partial charge in [-0.15, -0.1) is 0 Å². The maximum absolute atomic E-state index is 12.7. The van der Waals surface area contributed by atoms with Crippen molar-refractivity contribution >= 4 is 5.91 Å². The van der Waals surface area contributed by atoms with Gasteiger partial charge in [0.2, 0.25) is 5.91 Å². The molecule has 2 aliphatic carbocycles. The number of carbonyl (C=O) groups excluding carboxylic acids is 1. The van der Waals surface area contributed by atoms with Crippen molar-refractivity contribution in [3.63, 3.8) is 0 Å². The largest absolute Gasteiger partial charge is 0.390 e. The van der Waals surface area contributed by atoms with E-state index in [-0.39, 0.29) is 17.9 Å². The maximum Gasteiger partial charge on any atom is 0.224 e. The number of hydrogen-bond donors (Lipinski definition) is 3. The quantitative estimate of drug-likeness (QED) is 0.788. The molecule has 0 saturated carbocycles. The Kier molecular flexibility index (Phi) is 3.45.